The van der Waals surface area contributed by atoms with Crippen LogP contribution in [0.25, 0.3) is 11.5 Å². The molecule has 11 heteroatoms. The summed E-state index contributed by atoms with van der Waals surface area (Å²) in [5.41, 5.74) is 1.15. The quantitative estimate of drug-likeness (QED) is 0.488. The molecule has 150 valence electrons. The maximum atomic E-state index is 12.8. The lowest BCUT2D eigenvalue weighted by molar-refractivity contribution is 0.0740. The van der Waals surface area contributed by atoms with Gasteiger partial charge in [-0.1, -0.05) is 18.2 Å². The Kier molecular flexibility index (Phi) is 4.60. The molecule has 5 rings (SSSR count). The molecule has 0 aliphatic carbocycles. The second-order valence-electron chi connectivity index (χ2n) is 6.72. The van der Waals surface area contributed by atoms with Gasteiger partial charge in [-0.15, -0.1) is 15.3 Å². The van der Waals surface area contributed by atoms with Crippen LogP contribution in [0.5, 0.6) is 0 Å². The van der Waals surface area contributed by atoms with Crippen molar-refractivity contribution in [1.82, 2.24) is 44.9 Å². The fourth-order valence-corrected chi connectivity index (χ4v) is 3.28. The number of rotatable bonds is 4. The van der Waals surface area contributed by atoms with Crippen LogP contribution in [-0.2, 0) is 0 Å². The number of para-hydroxylation sites is 1. The lowest BCUT2D eigenvalue weighted by Crippen LogP contribution is -2.49. The number of benzene rings is 1. The van der Waals surface area contributed by atoms with Crippen molar-refractivity contribution >= 4 is 11.7 Å². The van der Waals surface area contributed by atoms with Crippen molar-refractivity contribution < 1.29 is 4.79 Å². The predicted octanol–water partition coefficient (Wildman–Crippen LogP) is 0.600. The number of hydrogen-bond acceptors (Lipinski definition) is 8. The van der Waals surface area contributed by atoms with Gasteiger partial charge < -0.3 is 9.80 Å². The molecule has 0 bridgehead atoms. The molecule has 1 amide bonds. The number of carbonyl (C=O) groups is 1. The fraction of sp³-hybridized carbons (Fsp3) is 0.211. The summed E-state index contributed by atoms with van der Waals surface area (Å²) in [6, 6.07) is 13.3. The molecule has 1 aliphatic heterocycles. The molecule has 1 aromatic carbocycles. The second kappa shape index (κ2) is 7.70. The molecule has 11 nitrogen and oxygen atoms in total. The predicted molar refractivity (Wildman–Crippen MR) is 106 cm³/mol. The van der Waals surface area contributed by atoms with Crippen molar-refractivity contribution in [3.8, 4) is 11.5 Å². The van der Waals surface area contributed by atoms with Crippen LogP contribution in [0.4, 0.5) is 5.82 Å². The van der Waals surface area contributed by atoms with Crippen molar-refractivity contribution in [3.63, 3.8) is 0 Å². The van der Waals surface area contributed by atoms with Gasteiger partial charge in [0.1, 0.15) is 12.7 Å². The Morgan fingerprint density at radius 2 is 1.63 bits per heavy atom. The van der Waals surface area contributed by atoms with Gasteiger partial charge in [-0.3, -0.25) is 4.79 Å². The average molecular weight is 402 g/mol. The molecule has 1 saturated heterocycles. The van der Waals surface area contributed by atoms with Gasteiger partial charge in [0.2, 0.25) is 0 Å². The molecule has 0 unspecified atom stereocenters. The highest BCUT2D eigenvalue weighted by Gasteiger charge is 2.25. The number of amides is 1. The van der Waals surface area contributed by atoms with Crippen LogP contribution in [0, 0.1) is 0 Å². The molecule has 1 fully saturated rings. The van der Waals surface area contributed by atoms with E-state index in [1.807, 2.05) is 42.5 Å². The maximum absolute atomic E-state index is 12.8. The highest BCUT2D eigenvalue weighted by Crippen LogP contribution is 2.15. The van der Waals surface area contributed by atoms with Crippen LogP contribution in [0.2, 0.25) is 0 Å². The number of anilines is 1. The highest BCUT2D eigenvalue weighted by molar-refractivity contribution is 5.92. The Hall–Kier alpha value is -4.15. The molecule has 0 spiro atoms. The van der Waals surface area contributed by atoms with E-state index in [2.05, 4.69) is 35.4 Å². The SMILES string of the molecule is O=C(c1cnn(-c2ccccc2)n1)N1CCN(c2ccc(-n3cncn3)nn2)CC1. The molecule has 0 radical (unpaired) electrons. The summed E-state index contributed by atoms with van der Waals surface area (Å²) in [6.45, 7) is 2.47. The molecule has 0 saturated carbocycles. The van der Waals surface area contributed by atoms with Gasteiger partial charge in [-0.2, -0.15) is 15.0 Å². The van der Waals surface area contributed by atoms with Crippen molar-refractivity contribution in [2.24, 2.45) is 0 Å². The summed E-state index contributed by atoms with van der Waals surface area (Å²) in [7, 11) is 0. The Morgan fingerprint density at radius 1 is 0.867 bits per heavy atom. The van der Waals surface area contributed by atoms with Crippen LogP contribution in [0.3, 0.4) is 0 Å². The third-order valence-corrected chi connectivity index (χ3v) is 4.88. The number of nitrogens with zero attached hydrogens (tertiary/aromatic N) is 10. The molecule has 0 N–H and O–H groups in total. The Bertz CT molecular complexity index is 1120. The van der Waals surface area contributed by atoms with E-state index in [0.717, 1.165) is 11.5 Å². The van der Waals surface area contributed by atoms with E-state index in [9.17, 15) is 4.79 Å². The van der Waals surface area contributed by atoms with Gasteiger partial charge in [0, 0.05) is 26.2 Å². The molecule has 30 heavy (non-hydrogen) atoms. The summed E-state index contributed by atoms with van der Waals surface area (Å²) in [5.74, 6) is 1.25. The molecule has 4 heterocycles. The fourth-order valence-electron chi connectivity index (χ4n) is 3.28. The van der Waals surface area contributed by atoms with Crippen LogP contribution in [-0.4, -0.2) is 76.9 Å². The molecular formula is C19H18N10O. The summed E-state index contributed by atoms with van der Waals surface area (Å²) in [5, 5.41) is 21.1. The van der Waals surface area contributed by atoms with Crippen molar-refractivity contribution in [2.45, 2.75) is 0 Å². The first kappa shape index (κ1) is 17.9. The van der Waals surface area contributed by atoms with E-state index < -0.39 is 0 Å². The number of aromatic nitrogens is 8. The van der Waals surface area contributed by atoms with E-state index >= 15 is 0 Å². The largest absolute Gasteiger partial charge is 0.352 e. The van der Waals surface area contributed by atoms with Gasteiger partial charge in [0.05, 0.1) is 11.9 Å². The van der Waals surface area contributed by atoms with Crippen LogP contribution in [0.1, 0.15) is 10.5 Å². The van der Waals surface area contributed by atoms with Crippen molar-refractivity contribution in [3.05, 3.63) is 67.0 Å². The van der Waals surface area contributed by atoms with Gasteiger partial charge in [-0.25, -0.2) is 9.67 Å². The van der Waals surface area contributed by atoms with Crippen LogP contribution < -0.4 is 4.90 Å². The smallest absolute Gasteiger partial charge is 0.276 e. The normalized spacial score (nSPS) is 14.1. The van der Waals surface area contributed by atoms with Crippen molar-refractivity contribution in [1.29, 1.82) is 0 Å². The van der Waals surface area contributed by atoms with Crippen LogP contribution in [0.15, 0.2) is 61.3 Å². The Morgan fingerprint density at radius 3 is 2.33 bits per heavy atom. The second-order valence-corrected chi connectivity index (χ2v) is 6.72. The topological polar surface area (TPSA) is 111 Å². The van der Waals surface area contributed by atoms with E-state index in [4.69, 9.17) is 0 Å². The van der Waals surface area contributed by atoms with Gasteiger partial charge in [0.15, 0.2) is 17.3 Å². The molecular weight excluding hydrogens is 384 g/mol. The summed E-state index contributed by atoms with van der Waals surface area (Å²) < 4.78 is 1.55. The average Bonchev–Trinajstić information content (AvgIpc) is 3.52. The molecule has 0 atom stereocenters. The minimum absolute atomic E-state index is 0.121. The zero-order valence-corrected chi connectivity index (χ0v) is 16.0. The van der Waals surface area contributed by atoms with Gasteiger partial charge in [-0.05, 0) is 24.3 Å². The molecule has 1 aliphatic rings. The summed E-state index contributed by atoms with van der Waals surface area (Å²) >= 11 is 0. The van der Waals surface area contributed by atoms with E-state index in [0.29, 0.717) is 37.7 Å². The standard InChI is InChI=1S/C19H18N10O/c30-19(16-12-21-29(25-16)15-4-2-1-3-5-15)27-10-8-26(9-11-27)17-6-7-18(24-23-17)28-14-20-13-22-28/h1-7,12-14H,8-11H2. The summed E-state index contributed by atoms with van der Waals surface area (Å²) in [4.78, 5) is 22.1. The van der Waals surface area contributed by atoms with E-state index in [1.54, 1.807) is 15.9 Å². The van der Waals surface area contributed by atoms with E-state index in [1.165, 1.54) is 17.3 Å². The monoisotopic (exact) mass is 402 g/mol. The molecule has 4 aromatic rings. The zero-order valence-electron chi connectivity index (χ0n) is 16.0. The minimum atomic E-state index is -0.121. The third kappa shape index (κ3) is 3.48. The first-order chi connectivity index (χ1) is 14.8. The third-order valence-electron chi connectivity index (χ3n) is 4.88. The minimum Gasteiger partial charge on any atom is -0.352 e. The number of carbonyl (C=O) groups excluding carboxylic acids is 1. The lowest BCUT2D eigenvalue weighted by Gasteiger charge is -2.34. The van der Waals surface area contributed by atoms with Gasteiger partial charge >= 0.3 is 0 Å². The Balaban J connectivity index is 1.22. The first-order valence-electron chi connectivity index (χ1n) is 9.49. The van der Waals surface area contributed by atoms with Gasteiger partial charge in [0.25, 0.3) is 5.91 Å². The number of piperazine rings is 1. The summed E-state index contributed by atoms with van der Waals surface area (Å²) in [6.07, 6.45) is 4.53. The number of hydrogen-bond donors (Lipinski definition) is 0. The highest BCUT2D eigenvalue weighted by atomic mass is 16.2. The van der Waals surface area contributed by atoms with E-state index in [-0.39, 0.29) is 5.91 Å². The van der Waals surface area contributed by atoms with Crippen molar-refractivity contribution in [2.75, 3.05) is 31.1 Å². The first-order valence-corrected chi connectivity index (χ1v) is 9.49. The zero-order chi connectivity index (χ0) is 20.3. The van der Waals surface area contributed by atoms with Crippen LogP contribution >= 0.6 is 0 Å². The maximum Gasteiger partial charge on any atom is 0.276 e. The lowest BCUT2D eigenvalue weighted by atomic mass is 10.3. The Labute approximate surface area is 171 Å². The molecule has 3 aromatic heterocycles.